The van der Waals surface area contributed by atoms with Crippen LogP contribution in [0.2, 0.25) is 0 Å². The van der Waals surface area contributed by atoms with Crippen molar-refractivity contribution in [3.05, 3.63) is 60.2 Å². The molecule has 41 heavy (non-hydrogen) atoms. The first-order valence-corrected chi connectivity index (χ1v) is 14.9. The number of ether oxygens (including phenoxy) is 2. The second-order valence-electron chi connectivity index (χ2n) is 13.8. The van der Waals surface area contributed by atoms with Crippen LogP contribution in [0.5, 0.6) is 0 Å². The van der Waals surface area contributed by atoms with Crippen molar-refractivity contribution in [1.29, 1.82) is 0 Å². The van der Waals surface area contributed by atoms with Crippen LogP contribution in [-0.2, 0) is 30.3 Å². The molecule has 8 heteroatoms. The number of esters is 1. The van der Waals surface area contributed by atoms with Gasteiger partial charge in [-0.05, 0) is 50.5 Å². The van der Waals surface area contributed by atoms with Gasteiger partial charge in [0.1, 0.15) is 17.6 Å². The lowest BCUT2D eigenvalue weighted by molar-refractivity contribution is -0.157. The number of benzene rings is 1. The van der Waals surface area contributed by atoms with E-state index in [0.29, 0.717) is 19.4 Å². The van der Waals surface area contributed by atoms with E-state index in [1.807, 2.05) is 59.5 Å². The number of aliphatic hydroxyl groups is 1. The van der Waals surface area contributed by atoms with Crippen molar-refractivity contribution < 1.29 is 29.0 Å². The second-order valence-corrected chi connectivity index (χ2v) is 13.8. The molecule has 1 N–H and O–H groups in total. The number of nitrogens with zero attached hydrogens (tertiary/aromatic N) is 2. The van der Waals surface area contributed by atoms with E-state index in [0.717, 1.165) is 18.4 Å². The van der Waals surface area contributed by atoms with Crippen LogP contribution in [0.15, 0.2) is 54.6 Å². The third-order valence-electron chi connectivity index (χ3n) is 8.90. The predicted octanol–water partition coefficient (Wildman–Crippen LogP) is 3.68. The zero-order chi connectivity index (χ0) is 29.6. The minimum Gasteiger partial charge on any atom is -0.465 e. The Morgan fingerprint density at radius 1 is 1.05 bits per heavy atom. The third-order valence-corrected chi connectivity index (χ3v) is 8.90. The van der Waals surface area contributed by atoms with Gasteiger partial charge in [-0.1, -0.05) is 75.4 Å². The highest BCUT2D eigenvalue weighted by molar-refractivity contribution is 5.99. The highest BCUT2D eigenvalue weighted by Crippen LogP contribution is 2.54. The average Bonchev–Trinajstić information content (AvgIpc) is 3.31. The highest BCUT2D eigenvalue weighted by atomic mass is 16.6. The molecule has 1 aromatic carbocycles. The summed E-state index contributed by atoms with van der Waals surface area (Å²) in [5.74, 6) is -2.88. The van der Waals surface area contributed by atoms with Crippen molar-refractivity contribution in [2.75, 3.05) is 19.8 Å². The van der Waals surface area contributed by atoms with Gasteiger partial charge in [0.25, 0.3) is 0 Å². The van der Waals surface area contributed by atoms with Gasteiger partial charge in [-0.2, -0.15) is 0 Å². The van der Waals surface area contributed by atoms with Gasteiger partial charge in [0.05, 0.1) is 31.3 Å². The summed E-state index contributed by atoms with van der Waals surface area (Å²) in [5.41, 5.74) is -0.990. The van der Waals surface area contributed by atoms with Crippen LogP contribution < -0.4 is 0 Å². The molecule has 4 heterocycles. The Bertz CT molecular complexity index is 1220. The number of allylic oxidation sites excluding steroid dienone is 1. The quantitative estimate of drug-likeness (QED) is 0.418. The van der Waals surface area contributed by atoms with Gasteiger partial charge in [-0.3, -0.25) is 14.4 Å². The maximum atomic E-state index is 14.8. The Balaban J connectivity index is 1.63. The van der Waals surface area contributed by atoms with Crippen LogP contribution in [0.3, 0.4) is 0 Å². The van der Waals surface area contributed by atoms with E-state index in [1.54, 1.807) is 0 Å². The van der Waals surface area contributed by atoms with Crippen molar-refractivity contribution >= 4 is 17.8 Å². The molecule has 1 aromatic rings. The van der Waals surface area contributed by atoms with Crippen LogP contribution >= 0.6 is 0 Å². The molecule has 4 aliphatic heterocycles. The van der Waals surface area contributed by atoms with Crippen LogP contribution in [0, 0.1) is 17.3 Å². The molecule has 1 spiro atoms. The van der Waals surface area contributed by atoms with Gasteiger partial charge in [0, 0.05) is 12.1 Å². The molecule has 4 aliphatic rings. The fraction of sp³-hybridized carbons (Fsp3) is 0.606. The second kappa shape index (κ2) is 11.0. The molecule has 6 atom stereocenters. The van der Waals surface area contributed by atoms with E-state index in [9.17, 15) is 19.5 Å². The molecule has 8 nitrogen and oxygen atoms in total. The Labute approximate surface area is 243 Å². The molecule has 0 aliphatic carbocycles. The van der Waals surface area contributed by atoms with Gasteiger partial charge in [0.15, 0.2) is 0 Å². The van der Waals surface area contributed by atoms with Crippen molar-refractivity contribution in [3.63, 3.8) is 0 Å². The summed E-state index contributed by atoms with van der Waals surface area (Å²) in [7, 11) is 0. The summed E-state index contributed by atoms with van der Waals surface area (Å²) in [6.45, 7) is 10.8. The summed E-state index contributed by atoms with van der Waals surface area (Å²) < 4.78 is 12.4. The Morgan fingerprint density at radius 3 is 2.46 bits per heavy atom. The van der Waals surface area contributed by atoms with Gasteiger partial charge in [0.2, 0.25) is 11.8 Å². The third kappa shape index (κ3) is 5.37. The molecule has 0 aromatic heterocycles. The lowest BCUT2D eigenvalue weighted by Gasteiger charge is -2.45. The molecule has 2 saturated heterocycles. The van der Waals surface area contributed by atoms with Gasteiger partial charge >= 0.3 is 5.97 Å². The smallest absolute Gasteiger partial charge is 0.312 e. The monoisotopic (exact) mass is 564 g/mol. The number of hydrogen-bond donors (Lipinski definition) is 1. The fourth-order valence-electron chi connectivity index (χ4n) is 7.66. The topological polar surface area (TPSA) is 96.4 Å². The van der Waals surface area contributed by atoms with Crippen molar-refractivity contribution in [2.45, 2.75) is 89.6 Å². The van der Waals surface area contributed by atoms with Gasteiger partial charge < -0.3 is 24.4 Å². The number of rotatable bonds is 6. The van der Waals surface area contributed by atoms with E-state index < -0.39 is 47.1 Å². The molecule has 0 bridgehead atoms. The first-order chi connectivity index (χ1) is 19.4. The van der Waals surface area contributed by atoms with Crippen molar-refractivity contribution in [3.8, 4) is 0 Å². The number of carbonyl (C=O) groups is 3. The molecule has 2 amide bonds. The Morgan fingerprint density at radius 2 is 1.78 bits per heavy atom. The average molecular weight is 565 g/mol. The zero-order valence-corrected chi connectivity index (χ0v) is 24.9. The number of hydrogen-bond acceptors (Lipinski definition) is 6. The molecule has 0 saturated carbocycles. The minimum absolute atomic E-state index is 0.0471. The van der Waals surface area contributed by atoms with E-state index >= 15 is 0 Å². The molecule has 2 fully saturated rings. The van der Waals surface area contributed by atoms with Crippen LogP contribution in [0.1, 0.15) is 59.4 Å². The van der Waals surface area contributed by atoms with Crippen LogP contribution in [0.25, 0.3) is 0 Å². The molecule has 1 unspecified atom stereocenters. The van der Waals surface area contributed by atoms with Crippen LogP contribution in [0.4, 0.5) is 0 Å². The summed E-state index contributed by atoms with van der Waals surface area (Å²) in [4.78, 5) is 46.2. The van der Waals surface area contributed by atoms with Crippen molar-refractivity contribution in [1.82, 2.24) is 9.80 Å². The zero-order valence-electron chi connectivity index (χ0n) is 24.9. The molecule has 5 rings (SSSR count). The number of cyclic esters (lactones) is 1. The standard InChI is InChI=1S/C33H44N2O6/c1-31(2,3)21-32(4,5)34-17-12-16-33-26(25-24(41-33)15-10-7-11-18-40-30(25)39)28(37)35(27(33)29(34)38)23(20-36)19-22-13-8-6-9-14-22/h6,8-10,12-16,23-27,36H,7,11,17-21H2,1-5H3/b15-10-/t23-,24-,25+,26+,27?,33+/m1/s1. The number of fused-ring (bicyclic) bond motifs is 2. The largest absolute Gasteiger partial charge is 0.465 e. The molecular weight excluding hydrogens is 520 g/mol. The molecular formula is C33H44N2O6. The van der Waals surface area contributed by atoms with E-state index in [4.69, 9.17) is 9.47 Å². The minimum atomic E-state index is -1.36. The van der Waals surface area contributed by atoms with Crippen molar-refractivity contribution in [2.24, 2.45) is 17.3 Å². The molecule has 222 valence electrons. The highest BCUT2D eigenvalue weighted by Gasteiger charge is 2.72. The molecule has 0 radical (unpaired) electrons. The lowest BCUT2D eigenvalue weighted by atomic mass is 9.77. The number of carbonyl (C=O) groups excluding carboxylic acids is 3. The first kappa shape index (κ1) is 29.5. The maximum Gasteiger partial charge on any atom is 0.312 e. The Kier molecular flexibility index (Phi) is 7.94. The SMILES string of the molecule is CC(C)(C)CC(C)(C)N1CC=C[C@]23O[C@@H]4/C=C\CCCOC(=O)[C@@H]4[C@H]2C(=O)N([C@@H](CO)Cc2ccccc2)C3C1=O. The van der Waals surface area contributed by atoms with Gasteiger partial charge in [-0.15, -0.1) is 0 Å². The summed E-state index contributed by atoms with van der Waals surface area (Å²) in [6.07, 6.45) is 9.44. The summed E-state index contributed by atoms with van der Waals surface area (Å²) in [6, 6.07) is 7.92. The summed E-state index contributed by atoms with van der Waals surface area (Å²) in [5, 5.41) is 10.7. The van der Waals surface area contributed by atoms with Gasteiger partial charge in [-0.25, -0.2) is 0 Å². The first-order valence-electron chi connectivity index (χ1n) is 14.9. The lowest BCUT2D eigenvalue weighted by Crippen LogP contribution is -2.62. The maximum absolute atomic E-state index is 14.8. The number of amides is 2. The van der Waals surface area contributed by atoms with E-state index in [-0.39, 0.29) is 30.4 Å². The number of aliphatic hydroxyl groups excluding tert-OH is 1. The van der Waals surface area contributed by atoms with Crippen LogP contribution in [-0.4, -0.2) is 81.8 Å². The normalized spacial score (nSPS) is 31.8. The van der Waals surface area contributed by atoms with E-state index in [1.165, 1.54) is 4.90 Å². The van der Waals surface area contributed by atoms with E-state index in [2.05, 4.69) is 34.6 Å². The fourth-order valence-corrected chi connectivity index (χ4v) is 7.66. The predicted molar refractivity (Wildman–Crippen MR) is 155 cm³/mol. The Hall–Kier alpha value is -2.97. The summed E-state index contributed by atoms with van der Waals surface area (Å²) >= 11 is 0. The number of likely N-dealkylation sites (tertiary alicyclic amines) is 1.